The molecule has 0 radical (unpaired) electrons. The summed E-state index contributed by atoms with van der Waals surface area (Å²) in [6.45, 7) is 9.26. The highest BCUT2D eigenvalue weighted by Crippen LogP contribution is 2.22. The van der Waals surface area contributed by atoms with E-state index < -0.39 is 6.10 Å². The fourth-order valence-corrected chi connectivity index (χ4v) is 2.14. The smallest absolute Gasteiger partial charge is 0.125 e. The second-order valence-corrected chi connectivity index (χ2v) is 5.28. The second-order valence-electron chi connectivity index (χ2n) is 5.28. The van der Waals surface area contributed by atoms with E-state index in [-0.39, 0.29) is 0 Å². The predicted molar refractivity (Wildman–Crippen MR) is 79.8 cm³/mol. The molecule has 19 heavy (non-hydrogen) atoms. The van der Waals surface area contributed by atoms with Gasteiger partial charge in [-0.15, -0.1) is 0 Å². The molecule has 0 aliphatic rings. The molecule has 3 nitrogen and oxygen atoms in total. The topological polar surface area (TPSA) is 41.5 Å². The third-order valence-electron chi connectivity index (χ3n) is 3.25. The standard InChI is InChI=1S/C16H27NO2/c1-5-7-14(4)17-10-15(18)11-19-16-12(2)8-6-9-13(16)3/h6,8-9,14-15,17-18H,5,7,10-11H2,1-4H3. The third kappa shape index (κ3) is 5.62. The van der Waals surface area contributed by atoms with Crippen molar-refractivity contribution in [2.24, 2.45) is 0 Å². The normalized spacial score (nSPS) is 14.2. The number of aryl methyl sites for hydroxylation is 2. The first-order chi connectivity index (χ1) is 9.04. The highest BCUT2D eigenvalue weighted by molar-refractivity contribution is 5.39. The first-order valence-electron chi connectivity index (χ1n) is 7.15. The molecule has 2 unspecified atom stereocenters. The van der Waals surface area contributed by atoms with Crippen LogP contribution in [0.4, 0.5) is 0 Å². The molecule has 1 aromatic carbocycles. The van der Waals surface area contributed by atoms with Gasteiger partial charge in [0.05, 0.1) is 0 Å². The molecule has 0 aliphatic carbocycles. The van der Waals surface area contributed by atoms with Crippen molar-refractivity contribution < 1.29 is 9.84 Å². The predicted octanol–water partition coefficient (Wildman–Crippen LogP) is 2.82. The van der Waals surface area contributed by atoms with Crippen LogP contribution in [0.3, 0.4) is 0 Å². The van der Waals surface area contributed by atoms with Crippen LogP contribution in [-0.4, -0.2) is 30.4 Å². The fraction of sp³-hybridized carbons (Fsp3) is 0.625. The SMILES string of the molecule is CCCC(C)NCC(O)COc1c(C)cccc1C. The van der Waals surface area contributed by atoms with Gasteiger partial charge < -0.3 is 15.2 Å². The molecule has 0 aromatic heterocycles. The van der Waals surface area contributed by atoms with Crippen LogP contribution in [0.15, 0.2) is 18.2 Å². The van der Waals surface area contributed by atoms with Gasteiger partial charge in [-0.1, -0.05) is 31.5 Å². The molecule has 0 fully saturated rings. The molecule has 0 saturated carbocycles. The van der Waals surface area contributed by atoms with Crippen molar-refractivity contribution in [3.05, 3.63) is 29.3 Å². The molecule has 1 rings (SSSR count). The highest BCUT2D eigenvalue weighted by atomic mass is 16.5. The monoisotopic (exact) mass is 265 g/mol. The lowest BCUT2D eigenvalue weighted by Gasteiger charge is -2.18. The summed E-state index contributed by atoms with van der Waals surface area (Å²) >= 11 is 0. The molecule has 2 atom stereocenters. The van der Waals surface area contributed by atoms with Gasteiger partial charge in [0.25, 0.3) is 0 Å². The summed E-state index contributed by atoms with van der Waals surface area (Å²) in [5, 5.41) is 13.2. The Kier molecular flexibility index (Phi) is 6.89. The quantitative estimate of drug-likeness (QED) is 0.759. The van der Waals surface area contributed by atoms with Crippen LogP contribution in [0.2, 0.25) is 0 Å². The maximum Gasteiger partial charge on any atom is 0.125 e. The Bertz CT molecular complexity index is 359. The summed E-state index contributed by atoms with van der Waals surface area (Å²) in [6, 6.07) is 6.51. The zero-order valence-corrected chi connectivity index (χ0v) is 12.6. The molecular formula is C16H27NO2. The molecule has 0 spiro atoms. The van der Waals surface area contributed by atoms with Gasteiger partial charge in [-0.2, -0.15) is 0 Å². The molecule has 1 aromatic rings. The van der Waals surface area contributed by atoms with E-state index in [9.17, 15) is 5.11 Å². The van der Waals surface area contributed by atoms with E-state index in [1.807, 2.05) is 32.0 Å². The summed E-state index contributed by atoms with van der Waals surface area (Å²) in [4.78, 5) is 0. The zero-order valence-electron chi connectivity index (χ0n) is 12.6. The van der Waals surface area contributed by atoms with Crippen molar-refractivity contribution in [1.29, 1.82) is 0 Å². The van der Waals surface area contributed by atoms with Gasteiger partial charge in [0, 0.05) is 12.6 Å². The van der Waals surface area contributed by atoms with Gasteiger partial charge in [-0.05, 0) is 38.3 Å². The van der Waals surface area contributed by atoms with Gasteiger partial charge in [-0.3, -0.25) is 0 Å². The van der Waals surface area contributed by atoms with E-state index >= 15 is 0 Å². The minimum Gasteiger partial charge on any atom is -0.490 e. The Morgan fingerprint density at radius 3 is 2.47 bits per heavy atom. The number of benzene rings is 1. The van der Waals surface area contributed by atoms with Gasteiger partial charge in [0.15, 0.2) is 0 Å². The van der Waals surface area contributed by atoms with Crippen molar-refractivity contribution in [3.8, 4) is 5.75 Å². The molecular weight excluding hydrogens is 238 g/mol. The van der Waals surface area contributed by atoms with Crippen LogP contribution >= 0.6 is 0 Å². The Morgan fingerprint density at radius 1 is 1.26 bits per heavy atom. The van der Waals surface area contributed by atoms with Crippen LogP contribution in [0.5, 0.6) is 5.75 Å². The molecule has 0 saturated heterocycles. The van der Waals surface area contributed by atoms with E-state index in [4.69, 9.17) is 4.74 Å². The Labute approximate surface area is 117 Å². The molecule has 0 aliphatic heterocycles. The van der Waals surface area contributed by atoms with Crippen molar-refractivity contribution >= 4 is 0 Å². The van der Waals surface area contributed by atoms with E-state index in [1.165, 1.54) is 0 Å². The fourth-order valence-electron chi connectivity index (χ4n) is 2.14. The Morgan fingerprint density at radius 2 is 1.89 bits per heavy atom. The summed E-state index contributed by atoms with van der Waals surface area (Å²) < 4.78 is 5.73. The van der Waals surface area contributed by atoms with Crippen LogP contribution < -0.4 is 10.1 Å². The van der Waals surface area contributed by atoms with Crippen LogP contribution in [0.25, 0.3) is 0 Å². The maximum atomic E-state index is 9.92. The van der Waals surface area contributed by atoms with Crippen molar-refractivity contribution in [2.45, 2.75) is 52.7 Å². The molecule has 0 amide bonds. The number of hydrogen-bond acceptors (Lipinski definition) is 3. The van der Waals surface area contributed by atoms with Crippen LogP contribution in [-0.2, 0) is 0 Å². The number of aliphatic hydroxyl groups excluding tert-OH is 1. The molecule has 0 heterocycles. The second kappa shape index (κ2) is 8.18. The molecule has 3 heteroatoms. The highest BCUT2D eigenvalue weighted by Gasteiger charge is 2.09. The first-order valence-corrected chi connectivity index (χ1v) is 7.15. The van der Waals surface area contributed by atoms with E-state index in [0.29, 0.717) is 19.2 Å². The Balaban J connectivity index is 2.36. The number of nitrogens with one attached hydrogen (secondary N) is 1. The van der Waals surface area contributed by atoms with Gasteiger partial charge >= 0.3 is 0 Å². The number of para-hydroxylation sites is 1. The number of ether oxygens (including phenoxy) is 1. The number of hydrogen-bond donors (Lipinski definition) is 2. The summed E-state index contributed by atoms with van der Waals surface area (Å²) in [7, 11) is 0. The molecule has 0 bridgehead atoms. The first kappa shape index (κ1) is 16.0. The lowest BCUT2D eigenvalue weighted by molar-refractivity contribution is 0.103. The minimum absolute atomic E-state index is 0.331. The van der Waals surface area contributed by atoms with E-state index in [0.717, 1.165) is 29.7 Å². The number of rotatable bonds is 8. The van der Waals surface area contributed by atoms with Crippen LogP contribution in [0.1, 0.15) is 37.8 Å². The third-order valence-corrected chi connectivity index (χ3v) is 3.25. The van der Waals surface area contributed by atoms with Crippen molar-refractivity contribution in [1.82, 2.24) is 5.32 Å². The minimum atomic E-state index is -0.474. The van der Waals surface area contributed by atoms with E-state index in [2.05, 4.69) is 19.2 Å². The van der Waals surface area contributed by atoms with Gasteiger partial charge in [0.1, 0.15) is 18.5 Å². The van der Waals surface area contributed by atoms with Gasteiger partial charge in [-0.25, -0.2) is 0 Å². The van der Waals surface area contributed by atoms with Crippen LogP contribution in [0, 0.1) is 13.8 Å². The van der Waals surface area contributed by atoms with Crippen molar-refractivity contribution in [3.63, 3.8) is 0 Å². The lowest BCUT2D eigenvalue weighted by atomic mass is 10.1. The molecule has 2 N–H and O–H groups in total. The average Bonchev–Trinajstić information content (AvgIpc) is 2.36. The number of aliphatic hydroxyl groups is 1. The zero-order chi connectivity index (χ0) is 14.3. The lowest BCUT2D eigenvalue weighted by Crippen LogP contribution is -2.36. The molecule has 108 valence electrons. The van der Waals surface area contributed by atoms with Crippen molar-refractivity contribution in [2.75, 3.05) is 13.2 Å². The summed E-state index contributed by atoms with van der Waals surface area (Å²) in [5.41, 5.74) is 2.22. The average molecular weight is 265 g/mol. The summed E-state index contributed by atoms with van der Waals surface area (Å²) in [5.74, 6) is 0.892. The summed E-state index contributed by atoms with van der Waals surface area (Å²) in [6.07, 6.45) is 1.81. The Hall–Kier alpha value is -1.06. The van der Waals surface area contributed by atoms with Gasteiger partial charge in [0.2, 0.25) is 0 Å². The van der Waals surface area contributed by atoms with E-state index in [1.54, 1.807) is 0 Å². The maximum absolute atomic E-state index is 9.92. The largest absolute Gasteiger partial charge is 0.490 e.